The van der Waals surface area contributed by atoms with Crippen molar-refractivity contribution < 1.29 is 4.79 Å². The highest BCUT2D eigenvalue weighted by molar-refractivity contribution is 6.30. The summed E-state index contributed by atoms with van der Waals surface area (Å²) in [4.78, 5) is 24.0. The third-order valence-corrected chi connectivity index (χ3v) is 6.07. The summed E-state index contributed by atoms with van der Waals surface area (Å²) < 4.78 is 1.69. The number of halogens is 1. The summed E-state index contributed by atoms with van der Waals surface area (Å²) in [5.74, 6) is 0.455. The van der Waals surface area contributed by atoms with Gasteiger partial charge in [-0.1, -0.05) is 18.5 Å². The van der Waals surface area contributed by atoms with Crippen LogP contribution in [-0.4, -0.2) is 32.0 Å². The molecule has 8 heteroatoms. The maximum atomic E-state index is 13.4. The first kappa shape index (κ1) is 17.1. The first-order chi connectivity index (χ1) is 13.5. The molecule has 0 spiro atoms. The predicted molar refractivity (Wildman–Crippen MR) is 104 cm³/mol. The van der Waals surface area contributed by atoms with E-state index in [1.54, 1.807) is 40.3 Å². The number of carbonyl (C=O) groups is 1. The van der Waals surface area contributed by atoms with Crippen LogP contribution in [0.1, 0.15) is 19.8 Å². The van der Waals surface area contributed by atoms with E-state index >= 15 is 0 Å². The maximum Gasteiger partial charge on any atom is 0.249 e. The molecule has 3 aromatic rings. The first-order valence-electron chi connectivity index (χ1n) is 9.23. The van der Waals surface area contributed by atoms with E-state index in [0.717, 1.165) is 23.9 Å². The lowest BCUT2D eigenvalue weighted by atomic mass is 9.75. The fourth-order valence-corrected chi connectivity index (χ4v) is 4.46. The van der Waals surface area contributed by atoms with Gasteiger partial charge in [-0.2, -0.15) is 10.4 Å². The summed E-state index contributed by atoms with van der Waals surface area (Å²) in [6.45, 7) is 2.45. The standard InChI is InChI=1S/C20H17ClN6O/c1-12-9-26(19(28)20(12,11-22)14-2-3-14)18-17-4-5-24-27(17)10-16(25-18)13-6-15(21)8-23-7-13/h4-8,10,12,14H,2-3,9H2,1H3/t12-,20+/m1/s1. The van der Waals surface area contributed by atoms with Crippen LogP contribution in [0.4, 0.5) is 5.82 Å². The van der Waals surface area contributed by atoms with Crippen molar-refractivity contribution in [1.29, 1.82) is 5.26 Å². The summed E-state index contributed by atoms with van der Waals surface area (Å²) in [7, 11) is 0. The average molecular weight is 393 g/mol. The lowest BCUT2D eigenvalue weighted by molar-refractivity contribution is -0.124. The van der Waals surface area contributed by atoms with Gasteiger partial charge < -0.3 is 0 Å². The lowest BCUT2D eigenvalue weighted by Gasteiger charge is -2.23. The van der Waals surface area contributed by atoms with Crippen LogP contribution in [0.3, 0.4) is 0 Å². The minimum absolute atomic E-state index is 0.0567. The van der Waals surface area contributed by atoms with Gasteiger partial charge in [0, 0.05) is 30.4 Å². The van der Waals surface area contributed by atoms with Crippen LogP contribution in [0.2, 0.25) is 5.02 Å². The van der Waals surface area contributed by atoms with Crippen molar-refractivity contribution in [2.75, 3.05) is 11.4 Å². The lowest BCUT2D eigenvalue weighted by Crippen LogP contribution is -2.37. The van der Waals surface area contributed by atoms with Crippen molar-refractivity contribution in [2.24, 2.45) is 17.3 Å². The van der Waals surface area contributed by atoms with Gasteiger partial charge in [0.25, 0.3) is 0 Å². The van der Waals surface area contributed by atoms with Gasteiger partial charge in [-0.15, -0.1) is 0 Å². The molecule has 140 valence electrons. The van der Waals surface area contributed by atoms with E-state index in [0.29, 0.717) is 23.1 Å². The molecule has 1 saturated carbocycles. The van der Waals surface area contributed by atoms with E-state index in [1.807, 2.05) is 13.0 Å². The number of hydrogen-bond acceptors (Lipinski definition) is 5. The third-order valence-electron chi connectivity index (χ3n) is 5.87. The minimum atomic E-state index is -0.952. The topological polar surface area (TPSA) is 87.2 Å². The van der Waals surface area contributed by atoms with E-state index in [1.165, 1.54) is 0 Å². The zero-order chi connectivity index (χ0) is 19.5. The number of anilines is 1. The monoisotopic (exact) mass is 392 g/mol. The highest BCUT2D eigenvalue weighted by atomic mass is 35.5. The van der Waals surface area contributed by atoms with Crippen molar-refractivity contribution >= 4 is 28.8 Å². The number of hydrogen-bond donors (Lipinski definition) is 0. The number of rotatable bonds is 3. The molecule has 28 heavy (non-hydrogen) atoms. The van der Waals surface area contributed by atoms with Crippen LogP contribution in [-0.2, 0) is 4.79 Å². The molecule has 2 aliphatic rings. The predicted octanol–water partition coefficient (Wildman–Crippen LogP) is 3.35. The SMILES string of the molecule is C[C@@H]1CN(c2nc(-c3cncc(Cl)c3)cn3nccc23)C(=O)[C@]1(C#N)C1CC1. The molecule has 0 N–H and O–H groups in total. The molecule has 2 fully saturated rings. The Bertz CT molecular complexity index is 1150. The molecule has 3 aromatic heterocycles. The normalized spacial score (nSPS) is 24.7. The average Bonchev–Trinajstić information content (AvgIpc) is 3.36. The second-order valence-electron chi connectivity index (χ2n) is 7.57. The van der Waals surface area contributed by atoms with Gasteiger partial charge in [0.05, 0.1) is 29.2 Å². The summed E-state index contributed by atoms with van der Waals surface area (Å²) in [6.07, 6.45) is 8.55. The molecule has 1 aliphatic heterocycles. The van der Waals surface area contributed by atoms with Crippen molar-refractivity contribution in [3.8, 4) is 17.3 Å². The fraction of sp³-hybridized carbons (Fsp3) is 0.350. The van der Waals surface area contributed by atoms with Crippen molar-refractivity contribution in [3.63, 3.8) is 0 Å². The Balaban J connectivity index is 1.66. The van der Waals surface area contributed by atoms with Crippen LogP contribution in [0.5, 0.6) is 0 Å². The van der Waals surface area contributed by atoms with Crippen LogP contribution < -0.4 is 4.90 Å². The first-order valence-corrected chi connectivity index (χ1v) is 9.61. The van der Waals surface area contributed by atoms with Gasteiger partial charge in [0.1, 0.15) is 10.9 Å². The molecule has 5 rings (SSSR count). The number of carbonyl (C=O) groups excluding carboxylic acids is 1. The molecule has 0 bridgehead atoms. The van der Waals surface area contributed by atoms with E-state index < -0.39 is 5.41 Å². The summed E-state index contributed by atoms with van der Waals surface area (Å²) in [5.41, 5.74) is 1.12. The molecule has 2 atom stereocenters. The molecule has 1 aliphatic carbocycles. The Kier molecular flexibility index (Phi) is 3.68. The molecule has 0 unspecified atom stereocenters. The quantitative estimate of drug-likeness (QED) is 0.682. The smallest absolute Gasteiger partial charge is 0.249 e. The highest BCUT2D eigenvalue weighted by Gasteiger charge is 2.61. The van der Waals surface area contributed by atoms with Crippen LogP contribution in [0.15, 0.2) is 36.9 Å². The Morgan fingerprint density at radius 1 is 1.36 bits per heavy atom. The number of fused-ring (bicyclic) bond motifs is 1. The zero-order valence-corrected chi connectivity index (χ0v) is 16.0. The second kappa shape index (κ2) is 6.01. The van der Waals surface area contributed by atoms with E-state index in [2.05, 4.69) is 16.2 Å². The van der Waals surface area contributed by atoms with Gasteiger partial charge in [0.15, 0.2) is 5.82 Å². The molecular formula is C20H17ClN6O. The molecule has 0 aromatic carbocycles. The van der Waals surface area contributed by atoms with Crippen LogP contribution >= 0.6 is 11.6 Å². The van der Waals surface area contributed by atoms with Gasteiger partial charge in [-0.05, 0) is 30.9 Å². The van der Waals surface area contributed by atoms with Crippen molar-refractivity contribution in [3.05, 3.63) is 41.9 Å². The molecule has 4 heterocycles. The van der Waals surface area contributed by atoms with Crippen molar-refractivity contribution in [2.45, 2.75) is 19.8 Å². The molecular weight excluding hydrogens is 376 g/mol. The number of pyridine rings is 1. The Labute approximate surface area is 166 Å². The van der Waals surface area contributed by atoms with Gasteiger partial charge >= 0.3 is 0 Å². The maximum absolute atomic E-state index is 13.4. The fourth-order valence-electron chi connectivity index (χ4n) is 4.28. The number of aromatic nitrogens is 4. The van der Waals surface area contributed by atoms with E-state index in [9.17, 15) is 10.1 Å². The second-order valence-corrected chi connectivity index (χ2v) is 8.01. The largest absolute Gasteiger partial charge is 0.293 e. The van der Waals surface area contributed by atoms with Crippen LogP contribution in [0.25, 0.3) is 16.8 Å². The van der Waals surface area contributed by atoms with Crippen molar-refractivity contribution in [1.82, 2.24) is 19.6 Å². The summed E-state index contributed by atoms with van der Waals surface area (Å²) >= 11 is 6.09. The number of nitrogens with zero attached hydrogens (tertiary/aromatic N) is 6. The number of nitriles is 1. The van der Waals surface area contributed by atoms with Crippen LogP contribution in [0, 0.1) is 28.6 Å². The summed E-state index contributed by atoms with van der Waals surface area (Å²) in [5, 5.41) is 14.7. The van der Waals surface area contributed by atoms with E-state index in [4.69, 9.17) is 16.6 Å². The Morgan fingerprint density at radius 3 is 2.89 bits per heavy atom. The highest BCUT2D eigenvalue weighted by Crippen LogP contribution is 2.54. The molecule has 7 nitrogen and oxygen atoms in total. The Hall–Kier alpha value is -2.98. The zero-order valence-electron chi connectivity index (χ0n) is 15.2. The molecule has 1 saturated heterocycles. The van der Waals surface area contributed by atoms with Gasteiger partial charge in [0.2, 0.25) is 5.91 Å². The van der Waals surface area contributed by atoms with E-state index in [-0.39, 0.29) is 17.7 Å². The minimum Gasteiger partial charge on any atom is -0.293 e. The Morgan fingerprint density at radius 2 is 2.18 bits per heavy atom. The molecule has 0 radical (unpaired) electrons. The van der Waals surface area contributed by atoms with Gasteiger partial charge in [-0.25, -0.2) is 9.50 Å². The third kappa shape index (κ3) is 2.34. The number of amides is 1. The molecule has 1 amide bonds. The summed E-state index contributed by atoms with van der Waals surface area (Å²) in [6, 6.07) is 5.96. The van der Waals surface area contributed by atoms with Gasteiger partial charge in [-0.3, -0.25) is 14.7 Å².